The standard InChI is InChI=1S/C12H23N3O3/c1-10(4-9-18-2)14-11(16)12(17)15-7-3-5-13-6-8-15/h10,13H,3-9H2,1-2H3,(H,14,16). The van der Waals surface area contributed by atoms with E-state index >= 15 is 0 Å². The van der Waals surface area contributed by atoms with E-state index in [0.29, 0.717) is 26.1 Å². The van der Waals surface area contributed by atoms with Crippen molar-refractivity contribution in [3.63, 3.8) is 0 Å². The number of hydrogen-bond acceptors (Lipinski definition) is 4. The molecule has 0 bridgehead atoms. The quantitative estimate of drug-likeness (QED) is 0.657. The van der Waals surface area contributed by atoms with Crippen LogP contribution in [0.4, 0.5) is 0 Å². The first kappa shape index (κ1) is 14.9. The van der Waals surface area contributed by atoms with Gasteiger partial charge in [-0.1, -0.05) is 0 Å². The summed E-state index contributed by atoms with van der Waals surface area (Å²) in [5.41, 5.74) is 0. The normalized spacial score (nSPS) is 18.0. The molecule has 0 spiro atoms. The summed E-state index contributed by atoms with van der Waals surface area (Å²) in [5.74, 6) is -0.941. The van der Waals surface area contributed by atoms with E-state index in [-0.39, 0.29) is 6.04 Å². The molecule has 0 radical (unpaired) electrons. The van der Waals surface area contributed by atoms with Crippen LogP contribution in [0.5, 0.6) is 0 Å². The van der Waals surface area contributed by atoms with Crippen LogP contribution in [0, 0.1) is 0 Å². The number of amides is 2. The number of methoxy groups -OCH3 is 1. The zero-order valence-electron chi connectivity index (χ0n) is 11.2. The van der Waals surface area contributed by atoms with E-state index in [1.807, 2.05) is 6.92 Å². The average Bonchev–Trinajstić information content (AvgIpc) is 2.64. The van der Waals surface area contributed by atoms with E-state index in [2.05, 4.69) is 10.6 Å². The van der Waals surface area contributed by atoms with Gasteiger partial charge >= 0.3 is 11.8 Å². The van der Waals surface area contributed by atoms with Crippen LogP contribution in [0.2, 0.25) is 0 Å². The van der Waals surface area contributed by atoms with Crippen LogP contribution in [0.1, 0.15) is 19.8 Å². The molecule has 0 saturated carbocycles. The van der Waals surface area contributed by atoms with Gasteiger partial charge in [-0.25, -0.2) is 0 Å². The summed E-state index contributed by atoms with van der Waals surface area (Å²) in [6, 6.07) is -0.0495. The lowest BCUT2D eigenvalue weighted by molar-refractivity contribution is -0.146. The van der Waals surface area contributed by atoms with Crippen molar-refractivity contribution in [2.24, 2.45) is 0 Å². The highest BCUT2D eigenvalue weighted by Gasteiger charge is 2.23. The van der Waals surface area contributed by atoms with Crippen LogP contribution in [-0.2, 0) is 14.3 Å². The summed E-state index contributed by atoms with van der Waals surface area (Å²) in [7, 11) is 1.62. The first-order chi connectivity index (χ1) is 8.65. The predicted octanol–water partition coefficient (Wildman–Crippen LogP) is -0.650. The van der Waals surface area contributed by atoms with E-state index in [1.54, 1.807) is 12.0 Å². The Labute approximate surface area is 108 Å². The molecule has 2 amide bonds. The Morgan fingerprint density at radius 3 is 2.89 bits per heavy atom. The highest BCUT2D eigenvalue weighted by molar-refractivity contribution is 6.35. The Balaban J connectivity index is 2.37. The minimum atomic E-state index is -0.513. The first-order valence-corrected chi connectivity index (χ1v) is 6.44. The summed E-state index contributed by atoms with van der Waals surface area (Å²) < 4.78 is 4.93. The molecule has 1 aliphatic heterocycles. The number of rotatable bonds is 4. The highest BCUT2D eigenvalue weighted by Crippen LogP contribution is 1.98. The van der Waals surface area contributed by atoms with Gasteiger partial charge in [-0.15, -0.1) is 0 Å². The Morgan fingerprint density at radius 1 is 1.39 bits per heavy atom. The monoisotopic (exact) mass is 257 g/mol. The number of hydrogen-bond donors (Lipinski definition) is 2. The molecule has 6 heteroatoms. The van der Waals surface area contributed by atoms with Crippen molar-refractivity contribution in [3.8, 4) is 0 Å². The lowest BCUT2D eigenvalue weighted by atomic mass is 10.2. The van der Waals surface area contributed by atoms with Crippen LogP contribution in [0.15, 0.2) is 0 Å². The molecule has 1 heterocycles. The summed E-state index contributed by atoms with van der Waals surface area (Å²) in [5, 5.41) is 5.90. The minimum absolute atomic E-state index is 0.0495. The summed E-state index contributed by atoms with van der Waals surface area (Å²) in [6.45, 7) is 5.33. The van der Waals surface area contributed by atoms with Gasteiger partial charge in [-0.05, 0) is 26.3 Å². The van der Waals surface area contributed by atoms with E-state index < -0.39 is 11.8 Å². The summed E-state index contributed by atoms with van der Waals surface area (Å²) >= 11 is 0. The second kappa shape index (κ2) is 8.05. The van der Waals surface area contributed by atoms with Crippen LogP contribution in [-0.4, -0.2) is 62.7 Å². The zero-order chi connectivity index (χ0) is 13.4. The summed E-state index contributed by atoms with van der Waals surface area (Å²) in [6.07, 6.45) is 1.59. The van der Waals surface area contributed by atoms with Crippen molar-refractivity contribution in [3.05, 3.63) is 0 Å². The second-order valence-corrected chi connectivity index (χ2v) is 4.55. The molecule has 6 nitrogen and oxygen atoms in total. The number of nitrogens with one attached hydrogen (secondary N) is 2. The van der Waals surface area contributed by atoms with Crippen molar-refractivity contribution < 1.29 is 14.3 Å². The van der Waals surface area contributed by atoms with Crippen molar-refractivity contribution >= 4 is 11.8 Å². The van der Waals surface area contributed by atoms with Gasteiger partial charge in [-0.2, -0.15) is 0 Å². The fraction of sp³-hybridized carbons (Fsp3) is 0.833. The molecule has 1 rings (SSSR count). The maximum atomic E-state index is 11.9. The molecule has 104 valence electrons. The first-order valence-electron chi connectivity index (χ1n) is 6.44. The van der Waals surface area contributed by atoms with Crippen molar-refractivity contribution in [2.45, 2.75) is 25.8 Å². The molecule has 1 saturated heterocycles. The fourth-order valence-electron chi connectivity index (χ4n) is 1.84. The molecule has 1 unspecified atom stereocenters. The van der Waals surface area contributed by atoms with Crippen LogP contribution in [0.3, 0.4) is 0 Å². The van der Waals surface area contributed by atoms with E-state index in [9.17, 15) is 9.59 Å². The molecule has 1 fully saturated rings. The molecule has 1 aliphatic rings. The average molecular weight is 257 g/mol. The third-order valence-corrected chi connectivity index (χ3v) is 2.95. The van der Waals surface area contributed by atoms with Crippen LogP contribution >= 0.6 is 0 Å². The molecule has 0 aromatic carbocycles. The van der Waals surface area contributed by atoms with E-state index in [0.717, 1.165) is 19.5 Å². The van der Waals surface area contributed by atoms with Gasteiger partial charge in [0.2, 0.25) is 0 Å². The largest absolute Gasteiger partial charge is 0.385 e. The van der Waals surface area contributed by atoms with Gasteiger partial charge in [0.05, 0.1) is 0 Å². The molecule has 2 N–H and O–H groups in total. The van der Waals surface area contributed by atoms with Gasteiger partial charge < -0.3 is 20.3 Å². The molecule has 18 heavy (non-hydrogen) atoms. The fourth-order valence-corrected chi connectivity index (χ4v) is 1.84. The lowest BCUT2D eigenvalue weighted by Gasteiger charge is -2.20. The minimum Gasteiger partial charge on any atom is -0.385 e. The van der Waals surface area contributed by atoms with Gasteiger partial charge in [0.1, 0.15) is 0 Å². The smallest absolute Gasteiger partial charge is 0.311 e. The lowest BCUT2D eigenvalue weighted by Crippen LogP contribution is -2.47. The maximum Gasteiger partial charge on any atom is 0.311 e. The van der Waals surface area contributed by atoms with Gasteiger partial charge in [0, 0.05) is 39.4 Å². The Kier molecular flexibility index (Phi) is 6.67. The Morgan fingerprint density at radius 2 is 2.17 bits per heavy atom. The molecular weight excluding hydrogens is 234 g/mol. The van der Waals surface area contributed by atoms with Gasteiger partial charge in [-0.3, -0.25) is 9.59 Å². The highest BCUT2D eigenvalue weighted by atomic mass is 16.5. The van der Waals surface area contributed by atoms with Crippen LogP contribution in [0.25, 0.3) is 0 Å². The zero-order valence-corrected chi connectivity index (χ0v) is 11.2. The third kappa shape index (κ3) is 5.01. The van der Waals surface area contributed by atoms with E-state index in [4.69, 9.17) is 4.74 Å². The van der Waals surface area contributed by atoms with Gasteiger partial charge in [0.15, 0.2) is 0 Å². The molecule has 0 aromatic heterocycles. The van der Waals surface area contributed by atoms with E-state index in [1.165, 1.54) is 0 Å². The SMILES string of the molecule is COCCC(C)NC(=O)C(=O)N1CCCNCC1. The van der Waals surface area contributed by atoms with Crippen molar-refractivity contribution in [1.82, 2.24) is 15.5 Å². The van der Waals surface area contributed by atoms with Crippen molar-refractivity contribution in [2.75, 3.05) is 39.9 Å². The Hall–Kier alpha value is -1.14. The third-order valence-electron chi connectivity index (χ3n) is 2.95. The Bertz CT molecular complexity index is 276. The number of carbonyl (C=O) groups is 2. The molecule has 0 aliphatic carbocycles. The number of nitrogens with zero attached hydrogens (tertiary/aromatic N) is 1. The predicted molar refractivity (Wildman–Crippen MR) is 68.2 cm³/mol. The second-order valence-electron chi connectivity index (χ2n) is 4.55. The van der Waals surface area contributed by atoms with Crippen molar-refractivity contribution in [1.29, 1.82) is 0 Å². The summed E-state index contributed by atoms with van der Waals surface area (Å²) in [4.78, 5) is 25.3. The molecular formula is C12H23N3O3. The number of ether oxygens (including phenoxy) is 1. The number of carbonyl (C=O) groups excluding carboxylic acids is 2. The topological polar surface area (TPSA) is 70.7 Å². The van der Waals surface area contributed by atoms with Crippen LogP contribution < -0.4 is 10.6 Å². The van der Waals surface area contributed by atoms with Gasteiger partial charge in [0.25, 0.3) is 0 Å². The molecule has 0 aromatic rings. The molecule has 1 atom stereocenters. The maximum absolute atomic E-state index is 11.9.